The predicted molar refractivity (Wildman–Crippen MR) is 138 cm³/mol. The third-order valence-electron chi connectivity index (χ3n) is 5.51. The second-order valence-electron chi connectivity index (χ2n) is 7.99. The van der Waals surface area contributed by atoms with E-state index < -0.39 is 17.6 Å². The van der Waals surface area contributed by atoms with Crippen LogP contribution >= 0.6 is 24.0 Å². The van der Waals surface area contributed by atoms with E-state index in [-0.39, 0.29) is 27.4 Å². The van der Waals surface area contributed by atoms with E-state index in [9.17, 15) is 22.8 Å². The molecule has 2 aliphatic rings. The van der Waals surface area contributed by atoms with Gasteiger partial charge >= 0.3 is 6.18 Å². The van der Waals surface area contributed by atoms with Crippen LogP contribution in [0.3, 0.4) is 0 Å². The molecule has 2 aliphatic heterocycles. The van der Waals surface area contributed by atoms with Crippen LogP contribution < -0.4 is 14.4 Å². The number of carbonyl (C=O) groups is 2. The fourth-order valence-corrected chi connectivity index (χ4v) is 5.01. The Hall–Kier alpha value is -3.09. The van der Waals surface area contributed by atoms with Crippen LogP contribution in [0.2, 0.25) is 0 Å². The molecule has 37 heavy (non-hydrogen) atoms. The zero-order chi connectivity index (χ0) is 26.6. The number of hydrogen-bond donors (Lipinski definition) is 0. The molecule has 0 saturated carbocycles. The number of ether oxygens (including phenoxy) is 3. The van der Waals surface area contributed by atoms with Crippen molar-refractivity contribution in [1.29, 1.82) is 0 Å². The van der Waals surface area contributed by atoms with Gasteiger partial charge in [-0.15, -0.1) is 0 Å². The summed E-state index contributed by atoms with van der Waals surface area (Å²) >= 11 is 6.28. The molecule has 0 atom stereocenters. The number of rotatable bonds is 7. The second kappa shape index (κ2) is 11.5. The summed E-state index contributed by atoms with van der Waals surface area (Å²) in [7, 11) is 0. The lowest BCUT2D eigenvalue weighted by Gasteiger charge is -2.26. The van der Waals surface area contributed by atoms with E-state index in [2.05, 4.69) is 0 Å². The SMILES string of the molecule is CCOc1cc(/C=C2/SC(=S)N(c3cccc(C(F)(F)F)c3)C2=O)ccc1OCC(=O)N1CCOCC1. The molecule has 2 heterocycles. The Balaban J connectivity index is 1.51. The van der Waals surface area contributed by atoms with E-state index >= 15 is 0 Å². The van der Waals surface area contributed by atoms with Crippen molar-refractivity contribution in [3.8, 4) is 11.5 Å². The largest absolute Gasteiger partial charge is 0.490 e. The van der Waals surface area contributed by atoms with Crippen LogP contribution in [-0.4, -0.2) is 60.6 Å². The number of thioether (sulfide) groups is 1. The standard InChI is InChI=1S/C25H23F3N2O5S2/c1-2-34-20-12-16(6-7-19(20)35-15-22(31)29-8-10-33-11-9-29)13-21-23(32)30(24(36)37-21)18-5-3-4-17(14-18)25(26,27)28/h3-7,12-14H,2,8-11,15H2,1H3/b21-13+. The first-order chi connectivity index (χ1) is 17.7. The molecule has 0 spiro atoms. The van der Waals surface area contributed by atoms with Gasteiger partial charge in [-0.05, 0) is 48.9 Å². The van der Waals surface area contributed by atoms with Crippen LogP contribution in [0.15, 0.2) is 47.4 Å². The van der Waals surface area contributed by atoms with Gasteiger partial charge in [-0.1, -0.05) is 36.1 Å². The van der Waals surface area contributed by atoms with Crippen LogP contribution in [0.5, 0.6) is 11.5 Å². The fraction of sp³-hybridized carbons (Fsp3) is 0.320. The highest BCUT2D eigenvalue weighted by Crippen LogP contribution is 2.39. The molecule has 0 N–H and O–H groups in total. The van der Waals surface area contributed by atoms with Crippen LogP contribution in [0.4, 0.5) is 18.9 Å². The summed E-state index contributed by atoms with van der Waals surface area (Å²) in [5.41, 5.74) is -0.226. The van der Waals surface area contributed by atoms with Gasteiger partial charge in [0.05, 0.1) is 36.0 Å². The minimum atomic E-state index is -4.54. The summed E-state index contributed by atoms with van der Waals surface area (Å²) < 4.78 is 56.2. The van der Waals surface area contributed by atoms with E-state index in [1.54, 1.807) is 36.1 Å². The number of halogens is 3. The molecular weight excluding hydrogens is 529 g/mol. The van der Waals surface area contributed by atoms with Gasteiger partial charge in [-0.3, -0.25) is 14.5 Å². The Labute approximate surface area is 221 Å². The van der Waals surface area contributed by atoms with Crippen molar-refractivity contribution in [2.24, 2.45) is 0 Å². The summed E-state index contributed by atoms with van der Waals surface area (Å²) in [4.78, 5) is 28.5. The number of hydrogen-bond acceptors (Lipinski definition) is 7. The van der Waals surface area contributed by atoms with E-state index in [4.69, 9.17) is 26.4 Å². The average molecular weight is 553 g/mol. The highest BCUT2D eigenvalue weighted by atomic mass is 32.2. The number of thiocarbonyl (C=S) groups is 1. The molecular formula is C25H23F3N2O5S2. The van der Waals surface area contributed by atoms with E-state index in [0.29, 0.717) is 50.0 Å². The van der Waals surface area contributed by atoms with Crippen LogP contribution in [0, 0.1) is 0 Å². The van der Waals surface area contributed by atoms with Gasteiger partial charge in [-0.25, -0.2) is 0 Å². The van der Waals surface area contributed by atoms with Crippen LogP contribution in [-0.2, 0) is 20.5 Å². The Kier molecular flexibility index (Phi) is 8.40. The van der Waals surface area contributed by atoms with Crippen LogP contribution in [0.25, 0.3) is 6.08 Å². The van der Waals surface area contributed by atoms with E-state index in [1.165, 1.54) is 12.1 Å². The summed E-state index contributed by atoms with van der Waals surface area (Å²) in [5.74, 6) is 0.0771. The number of amides is 2. The van der Waals surface area contributed by atoms with Gasteiger partial charge in [0.2, 0.25) is 0 Å². The smallest absolute Gasteiger partial charge is 0.416 e. The number of nitrogens with zero attached hydrogens (tertiary/aromatic N) is 2. The quantitative estimate of drug-likeness (QED) is 0.363. The molecule has 12 heteroatoms. The van der Waals surface area contributed by atoms with Gasteiger partial charge in [0.1, 0.15) is 0 Å². The lowest BCUT2D eigenvalue weighted by molar-refractivity contribution is -0.138. The van der Waals surface area contributed by atoms with Crippen molar-refractivity contribution < 1.29 is 37.0 Å². The van der Waals surface area contributed by atoms with Crippen molar-refractivity contribution in [3.05, 3.63) is 58.5 Å². The normalized spacial score (nSPS) is 17.5. The second-order valence-corrected chi connectivity index (χ2v) is 9.66. The summed E-state index contributed by atoms with van der Waals surface area (Å²) in [6.07, 6.45) is -2.96. The third-order valence-corrected chi connectivity index (χ3v) is 6.81. The number of benzene rings is 2. The van der Waals surface area contributed by atoms with Gasteiger partial charge in [0.15, 0.2) is 22.4 Å². The molecule has 0 unspecified atom stereocenters. The van der Waals surface area contributed by atoms with E-state index in [0.717, 1.165) is 28.8 Å². The number of carbonyl (C=O) groups excluding carboxylic acids is 2. The maximum atomic E-state index is 13.1. The minimum Gasteiger partial charge on any atom is -0.490 e. The van der Waals surface area contributed by atoms with Crippen LogP contribution in [0.1, 0.15) is 18.1 Å². The van der Waals surface area contributed by atoms with Crippen molar-refractivity contribution in [3.63, 3.8) is 0 Å². The average Bonchev–Trinajstić information content (AvgIpc) is 3.16. The Morgan fingerprint density at radius 2 is 1.89 bits per heavy atom. The maximum Gasteiger partial charge on any atom is 0.416 e. The third kappa shape index (κ3) is 6.43. The maximum absolute atomic E-state index is 13.1. The zero-order valence-electron chi connectivity index (χ0n) is 19.7. The molecule has 2 aromatic rings. The molecule has 0 aromatic heterocycles. The van der Waals surface area contributed by atoms with E-state index in [1.807, 2.05) is 0 Å². The molecule has 0 radical (unpaired) electrons. The monoisotopic (exact) mass is 552 g/mol. The first-order valence-electron chi connectivity index (χ1n) is 11.4. The summed E-state index contributed by atoms with van der Waals surface area (Å²) in [6.45, 7) is 3.99. The summed E-state index contributed by atoms with van der Waals surface area (Å²) in [6, 6.07) is 9.45. The molecule has 7 nitrogen and oxygen atoms in total. The molecule has 0 aliphatic carbocycles. The van der Waals surface area contributed by atoms with Crippen molar-refractivity contribution in [1.82, 2.24) is 4.90 Å². The number of morpholine rings is 1. The molecule has 2 saturated heterocycles. The van der Waals surface area contributed by atoms with Gasteiger partial charge in [0.25, 0.3) is 11.8 Å². The Bertz CT molecular complexity index is 1230. The predicted octanol–water partition coefficient (Wildman–Crippen LogP) is 4.75. The molecule has 2 aromatic carbocycles. The minimum absolute atomic E-state index is 0.0458. The van der Waals surface area contributed by atoms with Gasteiger partial charge < -0.3 is 19.1 Å². The van der Waals surface area contributed by atoms with Gasteiger partial charge in [-0.2, -0.15) is 13.2 Å². The highest BCUT2D eigenvalue weighted by Gasteiger charge is 2.36. The molecule has 4 rings (SSSR count). The van der Waals surface area contributed by atoms with Crippen molar-refractivity contribution >= 4 is 51.9 Å². The van der Waals surface area contributed by atoms with Crippen molar-refractivity contribution in [2.45, 2.75) is 13.1 Å². The molecule has 0 bridgehead atoms. The Morgan fingerprint density at radius 1 is 1.14 bits per heavy atom. The topological polar surface area (TPSA) is 68.3 Å². The first-order valence-corrected chi connectivity index (χ1v) is 12.6. The number of alkyl halides is 3. The summed E-state index contributed by atoms with van der Waals surface area (Å²) in [5, 5.41) is 0. The number of anilines is 1. The fourth-order valence-electron chi connectivity index (χ4n) is 3.71. The zero-order valence-corrected chi connectivity index (χ0v) is 21.4. The lowest BCUT2D eigenvalue weighted by atomic mass is 10.1. The van der Waals surface area contributed by atoms with Crippen molar-refractivity contribution in [2.75, 3.05) is 44.4 Å². The molecule has 2 fully saturated rings. The van der Waals surface area contributed by atoms with Gasteiger partial charge in [0, 0.05) is 13.1 Å². The lowest BCUT2D eigenvalue weighted by Crippen LogP contribution is -2.43. The molecule has 2 amide bonds. The Morgan fingerprint density at radius 3 is 2.59 bits per heavy atom. The highest BCUT2D eigenvalue weighted by molar-refractivity contribution is 8.27. The first kappa shape index (κ1) is 27.0. The molecule has 196 valence electrons.